The fourth-order valence-electron chi connectivity index (χ4n) is 3.30. The van der Waals surface area contributed by atoms with E-state index in [2.05, 4.69) is 6.07 Å². The topological polar surface area (TPSA) is 49.9 Å². The Hall–Kier alpha value is -1.53. The molecule has 0 N–H and O–H groups in total. The van der Waals surface area contributed by atoms with Crippen LogP contribution in [0.5, 0.6) is 0 Å². The number of rotatable bonds is 5. The molecule has 1 atom stereocenters. The number of anilines is 1. The molecule has 1 saturated heterocycles. The van der Waals surface area contributed by atoms with E-state index >= 15 is 0 Å². The Bertz CT molecular complexity index is 635. The third-order valence-electron chi connectivity index (χ3n) is 4.56. The molecule has 2 aliphatic rings. The average molecular weight is 348 g/mol. The van der Waals surface area contributed by atoms with Crippen LogP contribution in [0.3, 0.4) is 0 Å². The highest BCUT2D eigenvalue weighted by atomic mass is 32.2. The quantitative estimate of drug-likeness (QED) is 0.820. The molecule has 2 amide bonds. The molecule has 1 aromatic rings. The lowest BCUT2D eigenvalue weighted by Gasteiger charge is -2.32. The fraction of sp³-hybridized carbons (Fsp3) is 0.556. The minimum absolute atomic E-state index is 0.00487. The zero-order valence-electron chi connectivity index (χ0n) is 14.3. The predicted octanol–water partition coefficient (Wildman–Crippen LogP) is 2.46. The Balaban J connectivity index is 1.73. The second-order valence-electron chi connectivity index (χ2n) is 6.28. The number of likely N-dealkylation sites (tertiary alicyclic amines) is 1. The summed E-state index contributed by atoms with van der Waals surface area (Å²) < 4.78 is 5.50. The van der Waals surface area contributed by atoms with Crippen LogP contribution >= 0.6 is 11.8 Å². The largest absolute Gasteiger partial charge is 0.380 e. The Morgan fingerprint density at radius 2 is 2.25 bits per heavy atom. The molecule has 6 heteroatoms. The molecule has 0 unspecified atom stereocenters. The summed E-state index contributed by atoms with van der Waals surface area (Å²) in [6.07, 6.45) is 1.98. The van der Waals surface area contributed by atoms with Gasteiger partial charge in [-0.15, -0.1) is 11.8 Å². The van der Waals surface area contributed by atoms with Crippen LogP contribution in [0.2, 0.25) is 0 Å². The molecule has 24 heavy (non-hydrogen) atoms. The van der Waals surface area contributed by atoms with Gasteiger partial charge in [0.15, 0.2) is 0 Å². The Morgan fingerprint density at radius 3 is 3.04 bits per heavy atom. The first-order valence-electron chi connectivity index (χ1n) is 8.51. The highest BCUT2D eigenvalue weighted by molar-refractivity contribution is 8.00. The van der Waals surface area contributed by atoms with E-state index < -0.39 is 0 Å². The van der Waals surface area contributed by atoms with Gasteiger partial charge in [0.1, 0.15) is 6.54 Å². The number of carbonyl (C=O) groups excluding carboxylic acids is 2. The number of aryl methyl sites for hydroxylation is 1. The van der Waals surface area contributed by atoms with E-state index in [9.17, 15) is 9.59 Å². The number of hydrogen-bond acceptors (Lipinski definition) is 4. The normalized spacial score (nSPS) is 20.4. The van der Waals surface area contributed by atoms with Crippen molar-refractivity contribution in [3.8, 4) is 0 Å². The summed E-state index contributed by atoms with van der Waals surface area (Å²) in [6.45, 7) is 6.13. The molecule has 0 bridgehead atoms. The number of carbonyl (C=O) groups is 2. The standard InChI is InChI=1S/C18H24N2O3S/c1-3-23-11-14-5-4-8-19(14)17(21)10-20-15-7-6-13(2)9-16(15)24-12-18(20)22/h6-7,9,14H,3-5,8,10-12H2,1-2H3/t14-/m1/s1. The maximum atomic E-state index is 12.8. The van der Waals surface area contributed by atoms with E-state index in [1.165, 1.54) is 0 Å². The summed E-state index contributed by atoms with van der Waals surface area (Å²) in [5.41, 5.74) is 2.02. The van der Waals surface area contributed by atoms with Crippen LogP contribution in [0.1, 0.15) is 25.3 Å². The third-order valence-corrected chi connectivity index (χ3v) is 5.59. The first-order chi connectivity index (χ1) is 11.6. The maximum Gasteiger partial charge on any atom is 0.242 e. The SMILES string of the molecule is CCOC[C@H]1CCCN1C(=O)CN1C(=O)CSc2cc(C)ccc21. The Morgan fingerprint density at radius 1 is 1.42 bits per heavy atom. The van der Waals surface area contributed by atoms with E-state index in [-0.39, 0.29) is 24.4 Å². The van der Waals surface area contributed by atoms with Gasteiger partial charge in [0.25, 0.3) is 0 Å². The van der Waals surface area contributed by atoms with Crippen LogP contribution in [0, 0.1) is 6.92 Å². The minimum Gasteiger partial charge on any atom is -0.380 e. The van der Waals surface area contributed by atoms with Crippen LogP contribution in [-0.4, -0.2) is 54.8 Å². The zero-order valence-corrected chi connectivity index (χ0v) is 15.1. The molecule has 2 aliphatic heterocycles. The molecule has 0 aliphatic carbocycles. The lowest BCUT2D eigenvalue weighted by atomic mass is 10.2. The van der Waals surface area contributed by atoms with E-state index in [0.29, 0.717) is 19.0 Å². The summed E-state index contributed by atoms with van der Waals surface area (Å²) in [5, 5.41) is 0. The average Bonchev–Trinajstić information content (AvgIpc) is 3.04. The highest BCUT2D eigenvalue weighted by Crippen LogP contribution is 2.36. The molecule has 3 rings (SSSR count). The number of thioether (sulfide) groups is 1. The second kappa shape index (κ2) is 7.57. The Kier molecular flexibility index (Phi) is 5.46. The number of amides is 2. The van der Waals surface area contributed by atoms with Gasteiger partial charge in [0.2, 0.25) is 11.8 Å². The van der Waals surface area contributed by atoms with Crippen molar-refractivity contribution >= 4 is 29.3 Å². The molecular formula is C18H24N2O3S. The molecular weight excluding hydrogens is 324 g/mol. The summed E-state index contributed by atoms with van der Waals surface area (Å²) in [7, 11) is 0. The lowest BCUT2D eigenvalue weighted by Crippen LogP contribution is -2.47. The fourth-order valence-corrected chi connectivity index (χ4v) is 4.33. The van der Waals surface area contributed by atoms with Gasteiger partial charge >= 0.3 is 0 Å². The minimum atomic E-state index is 0.00487. The molecule has 2 heterocycles. The molecule has 0 saturated carbocycles. The van der Waals surface area contributed by atoms with Crippen LogP contribution in [0.15, 0.2) is 23.1 Å². The van der Waals surface area contributed by atoms with E-state index in [0.717, 1.165) is 35.5 Å². The van der Waals surface area contributed by atoms with Crippen LogP contribution in [0.4, 0.5) is 5.69 Å². The predicted molar refractivity (Wildman–Crippen MR) is 95.5 cm³/mol. The van der Waals surface area contributed by atoms with Gasteiger partial charge in [-0.05, 0) is 44.4 Å². The van der Waals surface area contributed by atoms with Crippen molar-refractivity contribution in [3.05, 3.63) is 23.8 Å². The number of benzene rings is 1. The number of fused-ring (bicyclic) bond motifs is 1. The van der Waals surface area contributed by atoms with Gasteiger partial charge in [0.05, 0.1) is 24.1 Å². The smallest absolute Gasteiger partial charge is 0.242 e. The summed E-state index contributed by atoms with van der Waals surface area (Å²) in [6, 6.07) is 6.16. The van der Waals surface area contributed by atoms with Crippen molar-refractivity contribution in [3.63, 3.8) is 0 Å². The van der Waals surface area contributed by atoms with Gasteiger partial charge in [-0.2, -0.15) is 0 Å². The second-order valence-corrected chi connectivity index (χ2v) is 7.30. The Labute approximate surface area is 147 Å². The number of hydrogen-bond donors (Lipinski definition) is 0. The molecule has 5 nitrogen and oxygen atoms in total. The van der Waals surface area contributed by atoms with Crippen molar-refractivity contribution < 1.29 is 14.3 Å². The lowest BCUT2D eigenvalue weighted by molar-refractivity contribution is -0.132. The molecule has 0 aromatic heterocycles. The summed E-state index contributed by atoms with van der Waals surface area (Å²) in [5.74, 6) is 0.417. The van der Waals surface area contributed by atoms with Gasteiger partial charge in [-0.1, -0.05) is 6.07 Å². The van der Waals surface area contributed by atoms with Crippen LogP contribution in [-0.2, 0) is 14.3 Å². The van der Waals surface area contributed by atoms with Crippen LogP contribution in [0.25, 0.3) is 0 Å². The molecule has 1 fully saturated rings. The third kappa shape index (κ3) is 3.59. The first-order valence-corrected chi connectivity index (χ1v) is 9.49. The monoisotopic (exact) mass is 348 g/mol. The number of nitrogens with zero attached hydrogens (tertiary/aromatic N) is 2. The number of ether oxygens (including phenoxy) is 1. The molecule has 0 spiro atoms. The molecule has 0 radical (unpaired) electrons. The van der Waals surface area contributed by atoms with Gasteiger partial charge in [-0.3, -0.25) is 9.59 Å². The summed E-state index contributed by atoms with van der Waals surface area (Å²) >= 11 is 1.55. The van der Waals surface area contributed by atoms with Crippen molar-refractivity contribution in [1.29, 1.82) is 0 Å². The van der Waals surface area contributed by atoms with Crippen molar-refractivity contribution in [1.82, 2.24) is 4.90 Å². The van der Waals surface area contributed by atoms with Gasteiger partial charge in [-0.25, -0.2) is 0 Å². The first kappa shape index (κ1) is 17.3. The van der Waals surface area contributed by atoms with Crippen molar-refractivity contribution in [2.75, 3.05) is 37.0 Å². The zero-order chi connectivity index (χ0) is 17.1. The van der Waals surface area contributed by atoms with E-state index in [4.69, 9.17) is 4.74 Å². The van der Waals surface area contributed by atoms with E-state index in [1.807, 2.05) is 30.9 Å². The molecule has 1 aromatic carbocycles. The summed E-state index contributed by atoms with van der Waals surface area (Å²) in [4.78, 5) is 29.7. The van der Waals surface area contributed by atoms with Crippen molar-refractivity contribution in [2.45, 2.75) is 37.6 Å². The van der Waals surface area contributed by atoms with E-state index in [1.54, 1.807) is 16.7 Å². The van der Waals surface area contributed by atoms with Gasteiger partial charge in [0, 0.05) is 18.0 Å². The van der Waals surface area contributed by atoms with Crippen LogP contribution < -0.4 is 4.90 Å². The maximum absolute atomic E-state index is 12.8. The highest BCUT2D eigenvalue weighted by Gasteiger charge is 2.32. The van der Waals surface area contributed by atoms with Crippen molar-refractivity contribution in [2.24, 2.45) is 0 Å². The van der Waals surface area contributed by atoms with Gasteiger partial charge < -0.3 is 14.5 Å². The molecule has 130 valence electrons.